The van der Waals surface area contributed by atoms with E-state index in [-0.39, 0.29) is 5.91 Å². The minimum Gasteiger partial charge on any atom is -0.355 e. The lowest BCUT2D eigenvalue weighted by molar-refractivity contribution is -0.121. The van der Waals surface area contributed by atoms with Crippen LogP contribution in [0.1, 0.15) is 32.0 Å². The van der Waals surface area contributed by atoms with Gasteiger partial charge >= 0.3 is 0 Å². The highest BCUT2D eigenvalue weighted by molar-refractivity contribution is 5.78. The van der Waals surface area contributed by atoms with Gasteiger partial charge in [-0.15, -0.1) is 0 Å². The summed E-state index contributed by atoms with van der Waals surface area (Å²) >= 11 is 0. The van der Waals surface area contributed by atoms with Crippen molar-refractivity contribution in [3.63, 3.8) is 0 Å². The molecular weight excluding hydrogens is 216 g/mol. The van der Waals surface area contributed by atoms with Crippen LogP contribution in [-0.2, 0) is 11.3 Å². The molecule has 0 bridgehead atoms. The Hall–Kier alpha value is -1.36. The maximum absolute atomic E-state index is 11.5. The van der Waals surface area contributed by atoms with Crippen LogP contribution in [0.2, 0.25) is 0 Å². The SMILES string of the molecule is CC(C)n1cncc1CN1CCCNC(=O)C1. The molecule has 1 N–H and O–H groups in total. The largest absolute Gasteiger partial charge is 0.355 e. The van der Waals surface area contributed by atoms with Crippen molar-refractivity contribution in [2.45, 2.75) is 32.9 Å². The molecule has 17 heavy (non-hydrogen) atoms. The van der Waals surface area contributed by atoms with Crippen LogP contribution in [0.25, 0.3) is 0 Å². The Kier molecular flexibility index (Phi) is 3.78. The Labute approximate surface area is 102 Å². The van der Waals surface area contributed by atoms with E-state index in [9.17, 15) is 4.79 Å². The Bertz CT molecular complexity index is 386. The number of imidazole rings is 1. The molecule has 0 aliphatic carbocycles. The molecule has 2 rings (SSSR count). The Morgan fingerprint density at radius 3 is 3.12 bits per heavy atom. The van der Waals surface area contributed by atoms with Gasteiger partial charge in [-0.1, -0.05) is 0 Å². The number of aromatic nitrogens is 2. The van der Waals surface area contributed by atoms with Gasteiger partial charge < -0.3 is 9.88 Å². The molecule has 5 heteroatoms. The van der Waals surface area contributed by atoms with E-state index in [0.717, 1.165) is 26.1 Å². The van der Waals surface area contributed by atoms with E-state index in [0.29, 0.717) is 12.6 Å². The molecule has 0 radical (unpaired) electrons. The summed E-state index contributed by atoms with van der Waals surface area (Å²) in [4.78, 5) is 17.8. The predicted molar refractivity (Wildman–Crippen MR) is 65.5 cm³/mol. The van der Waals surface area contributed by atoms with Crippen LogP contribution in [0.4, 0.5) is 0 Å². The van der Waals surface area contributed by atoms with Crippen LogP contribution in [0.5, 0.6) is 0 Å². The molecule has 0 saturated carbocycles. The van der Waals surface area contributed by atoms with Gasteiger partial charge in [0.05, 0.1) is 18.6 Å². The average molecular weight is 236 g/mol. The molecule has 94 valence electrons. The van der Waals surface area contributed by atoms with Crippen molar-refractivity contribution in [2.24, 2.45) is 0 Å². The Morgan fingerprint density at radius 2 is 2.35 bits per heavy atom. The quantitative estimate of drug-likeness (QED) is 0.844. The van der Waals surface area contributed by atoms with Gasteiger partial charge in [-0.2, -0.15) is 0 Å². The summed E-state index contributed by atoms with van der Waals surface area (Å²) in [5.41, 5.74) is 1.18. The van der Waals surface area contributed by atoms with Crippen molar-refractivity contribution in [1.82, 2.24) is 19.8 Å². The normalized spacial score (nSPS) is 18.2. The van der Waals surface area contributed by atoms with Crippen molar-refractivity contribution in [3.05, 3.63) is 18.2 Å². The van der Waals surface area contributed by atoms with Crippen LogP contribution in [-0.4, -0.2) is 40.0 Å². The van der Waals surface area contributed by atoms with Gasteiger partial charge in [0.15, 0.2) is 0 Å². The Balaban J connectivity index is 2.03. The first-order valence-corrected chi connectivity index (χ1v) is 6.16. The van der Waals surface area contributed by atoms with Gasteiger partial charge in [0.1, 0.15) is 0 Å². The summed E-state index contributed by atoms with van der Waals surface area (Å²) in [5, 5.41) is 2.89. The predicted octanol–water partition coefficient (Wildman–Crippen LogP) is 0.786. The van der Waals surface area contributed by atoms with E-state index >= 15 is 0 Å². The highest BCUT2D eigenvalue weighted by Gasteiger charge is 2.16. The van der Waals surface area contributed by atoms with E-state index < -0.39 is 0 Å². The third kappa shape index (κ3) is 3.06. The molecule has 0 spiro atoms. The lowest BCUT2D eigenvalue weighted by Gasteiger charge is -2.20. The van der Waals surface area contributed by atoms with E-state index in [1.54, 1.807) is 0 Å². The zero-order chi connectivity index (χ0) is 12.3. The van der Waals surface area contributed by atoms with Gasteiger partial charge in [0, 0.05) is 31.9 Å². The van der Waals surface area contributed by atoms with Gasteiger partial charge in [0.25, 0.3) is 0 Å². The molecule has 1 saturated heterocycles. The second kappa shape index (κ2) is 5.31. The summed E-state index contributed by atoms with van der Waals surface area (Å²) in [5.74, 6) is 0.123. The fraction of sp³-hybridized carbons (Fsp3) is 0.667. The molecule has 1 aliphatic rings. The van der Waals surface area contributed by atoms with Crippen LogP contribution in [0.3, 0.4) is 0 Å². The first-order valence-electron chi connectivity index (χ1n) is 6.16. The highest BCUT2D eigenvalue weighted by atomic mass is 16.2. The second-order valence-corrected chi connectivity index (χ2v) is 4.80. The number of nitrogens with one attached hydrogen (secondary N) is 1. The molecular formula is C12H20N4O. The maximum atomic E-state index is 11.5. The lowest BCUT2D eigenvalue weighted by Crippen LogP contribution is -2.33. The second-order valence-electron chi connectivity index (χ2n) is 4.80. The Morgan fingerprint density at radius 1 is 1.53 bits per heavy atom. The van der Waals surface area contributed by atoms with Crippen LogP contribution >= 0.6 is 0 Å². The number of rotatable bonds is 3. The molecule has 2 heterocycles. The van der Waals surface area contributed by atoms with Gasteiger partial charge in [-0.25, -0.2) is 4.98 Å². The molecule has 0 aromatic carbocycles. The fourth-order valence-corrected chi connectivity index (χ4v) is 2.15. The average Bonchev–Trinajstić information content (AvgIpc) is 2.62. The standard InChI is InChI=1S/C12H20N4O/c1-10(2)16-9-13-6-11(16)7-15-5-3-4-14-12(17)8-15/h6,9-10H,3-5,7-8H2,1-2H3,(H,14,17). The minimum absolute atomic E-state index is 0.123. The van der Waals surface area contributed by atoms with Gasteiger partial charge in [-0.05, 0) is 20.3 Å². The van der Waals surface area contributed by atoms with Crippen molar-refractivity contribution in [2.75, 3.05) is 19.6 Å². The van der Waals surface area contributed by atoms with E-state index in [1.807, 2.05) is 12.5 Å². The first-order chi connectivity index (χ1) is 8.16. The van der Waals surface area contributed by atoms with E-state index in [2.05, 4.69) is 33.6 Å². The smallest absolute Gasteiger partial charge is 0.234 e. The number of nitrogens with zero attached hydrogens (tertiary/aromatic N) is 3. The molecule has 0 atom stereocenters. The molecule has 1 amide bonds. The van der Waals surface area contributed by atoms with Crippen molar-refractivity contribution >= 4 is 5.91 Å². The molecule has 1 aromatic heterocycles. The molecule has 0 unspecified atom stereocenters. The van der Waals surface area contributed by atoms with Crippen LogP contribution in [0.15, 0.2) is 12.5 Å². The van der Waals surface area contributed by atoms with Gasteiger partial charge in [-0.3, -0.25) is 9.69 Å². The van der Waals surface area contributed by atoms with Gasteiger partial charge in [0.2, 0.25) is 5.91 Å². The summed E-state index contributed by atoms with van der Waals surface area (Å²) < 4.78 is 2.16. The number of carbonyl (C=O) groups excluding carboxylic acids is 1. The summed E-state index contributed by atoms with van der Waals surface area (Å²) in [6.45, 7) is 7.32. The fourth-order valence-electron chi connectivity index (χ4n) is 2.15. The summed E-state index contributed by atoms with van der Waals surface area (Å²) in [6.07, 6.45) is 4.77. The highest BCUT2D eigenvalue weighted by Crippen LogP contribution is 2.12. The molecule has 1 aromatic rings. The monoisotopic (exact) mass is 236 g/mol. The minimum atomic E-state index is 0.123. The molecule has 1 fully saturated rings. The summed E-state index contributed by atoms with van der Waals surface area (Å²) in [6, 6.07) is 0.410. The zero-order valence-corrected chi connectivity index (χ0v) is 10.5. The van der Waals surface area contributed by atoms with Crippen LogP contribution < -0.4 is 5.32 Å². The number of hydrogen-bond donors (Lipinski definition) is 1. The van der Waals surface area contributed by atoms with Crippen LogP contribution in [0, 0.1) is 0 Å². The summed E-state index contributed by atoms with van der Waals surface area (Å²) in [7, 11) is 0. The van der Waals surface area contributed by atoms with E-state index in [4.69, 9.17) is 0 Å². The van der Waals surface area contributed by atoms with E-state index in [1.165, 1.54) is 5.69 Å². The zero-order valence-electron chi connectivity index (χ0n) is 10.5. The third-order valence-corrected chi connectivity index (χ3v) is 3.03. The van der Waals surface area contributed by atoms with Crippen molar-refractivity contribution in [3.8, 4) is 0 Å². The number of hydrogen-bond acceptors (Lipinski definition) is 3. The molecule has 1 aliphatic heterocycles. The lowest BCUT2D eigenvalue weighted by atomic mass is 10.3. The number of carbonyl (C=O) groups is 1. The number of amides is 1. The third-order valence-electron chi connectivity index (χ3n) is 3.03. The van der Waals surface area contributed by atoms with Crippen molar-refractivity contribution < 1.29 is 4.79 Å². The molecule has 5 nitrogen and oxygen atoms in total. The van der Waals surface area contributed by atoms with Crippen molar-refractivity contribution in [1.29, 1.82) is 0 Å². The topological polar surface area (TPSA) is 50.2 Å². The first kappa shape index (κ1) is 12.1. The maximum Gasteiger partial charge on any atom is 0.234 e.